The van der Waals surface area contributed by atoms with Crippen molar-refractivity contribution in [3.63, 3.8) is 0 Å². The maximum atomic E-state index is 5.27. The summed E-state index contributed by atoms with van der Waals surface area (Å²) in [5, 5.41) is 3.83. The van der Waals surface area contributed by atoms with Gasteiger partial charge in [-0.05, 0) is 43.0 Å². The quantitative estimate of drug-likeness (QED) is 0.554. The Balaban J connectivity index is 1.65. The molecule has 3 N–H and O–H groups in total. The molecule has 1 aromatic rings. The molecule has 1 atom stereocenters. The monoisotopic (exact) mass is 303 g/mol. The third kappa shape index (κ3) is 5.76. The average molecular weight is 303 g/mol. The number of hydrogen-bond donors (Lipinski definition) is 3. The first kappa shape index (κ1) is 15.8. The van der Waals surface area contributed by atoms with E-state index < -0.39 is 0 Å². The Bertz CT molecular complexity index is 470. The number of nitrogens with one attached hydrogen (secondary N) is 3. The highest BCUT2D eigenvalue weighted by atomic mass is 32.1. The van der Waals surface area contributed by atoms with Crippen molar-refractivity contribution in [1.82, 2.24) is 16.2 Å². The van der Waals surface area contributed by atoms with Gasteiger partial charge in [0, 0.05) is 12.2 Å². The van der Waals surface area contributed by atoms with E-state index in [1.807, 2.05) is 18.2 Å². The van der Waals surface area contributed by atoms with E-state index in [0.717, 1.165) is 18.9 Å². The Morgan fingerprint density at radius 2 is 2.10 bits per heavy atom. The van der Waals surface area contributed by atoms with Crippen LogP contribution in [0.2, 0.25) is 0 Å². The molecule has 0 spiro atoms. The van der Waals surface area contributed by atoms with E-state index in [0.29, 0.717) is 5.11 Å². The fourth-order valence-corrected chi connectivity index (χ4v) is 2.76. The minimum absolute atomic E-state index is 0.635. The van der Waals surface area contributed by atoms with Crippen molar-refractivity contribution in [3.8, 4) is 0 Å². The number of benzene rings is 1. The number of hydrogen-bond acceptors (Lipinski definition) is 2. The van der Waals surface area contributed by atoms with Crippen molar-refractivity contribution >= 4 is 17.3 Å². The fourth-order valence-electron chi connectivity index (χ4n) is 2.63. The number of rotatable bonds is 6. The van der Waals surface area contributed by atoms with Gasteiger partial charge in [0.25, 0.3) is 0 Å². The van der Waals surface area contributed by atoms with Gasteiger partial charge >= 0.3 is 0 Å². The Hall–Kier alpha value is -1.55. The Labute approximate surface area is 133 Å². The molecule has 2 rings (SSSR count). The number of thiocarbonyl (C=S) groups is 1. The Kier molecular flexibility index (Phi) is 6.54. The highest BCUT2D eigenvalue weighted by Crippen LogP contribution is 2.25. The van der Waals surface area contributed by atoms with Crippen LogP contribution in [-0.4, -0.2) is 5.11 Å². The molecule has 0 saturated carbocycles. The first-order valence-corrected chi connectivity index (χ1v) is 8.21. The summed E-state index contributed by atoms with van der Waals surface area (Å²) in [5.74, 6) is 0.865. The van der Waals surface area contributed by atoms with Gasteiger partial charge in [0.05, 0.1) is 0 Å². The fraction of sp³-hybridized carbons (Fsp3) is 0.471. The molecule has 0 saturated heterocycles. The average Bonchev–Trinajstić information content (AvgIpc) is 2.53. The molecule has 4 heteroatoms. The van der Waals surface area contributed by atoms with Crippen molar-refractivity contribution in [2.24, 2.45) is 5.92 Å². The van der Waals surface area contributed by atoms with E-state index in [1.165, 1.54) is 36.9 Å². The maximum absolute atomic E-state index is 5.27. The summed E-state index contributed by atoms with van der Waals surface area (Å²) in [6.45, 7) is 3.00. The molecule has 0 unspecified atom stereocenters. The van der Waals surface area contributed by atoms with Crippen LogP contribution in [0.25, 0.3) is 0 Å². The molecule has 0 radical (unpaired) electrons. The van der Waals surface area contributed by atoms with E-state index in [9.17, 15) is 0 Å². The molecular formula is C17H25N3S. The predicted molar refractivity (Wildman–Crippen MR) is 92.5 cm³/mol. The van der Waals surface area contributed by atoms with Gasteiger partial charge in [-0.15, -0.1) is 0 Å². The summed E-state index contributed by atoms with van der Waals surface area (Å²) in [5.41, 5.74) is 8.78. The van der Waals surface area contributed by atoms with Crippen molar-refractivity contribution in [3.05, 3.63) is 47.7 Å². The molecule has 3 nitrogen and oxygen atoms in total. The minimum Gasteiger partial charge on any atom is -0.357 e. The van der Waals surface area contributed by atoms with Crippen LogP contribution in [0, 0.1) is 5.92 Å². The van der Waals surface area contributed by atoms with E-state index in [4.69, 9.17) is 12.2 Å². The largest absolute Gasteiger partial charge is 0.357 e. The molecule has 0 fully saturated rings. The molecule has 0 bridgehead atoms. The molecule has 1 aliphatic carbocycles. The maximum Gasteiger partial charge on any atom is 0.185 e. The summed E-state index contributed by atoms with van der Waals surface area (Å²) in [6, 6.07) is 10.3. The van der Waals surface area contributed by atoms with Crippen LogP contribution in [0.3, 0.4) is 0 Å². The normalized spacial score (nSPS) is 17.8. The van der Waals surface area contributed by atoms with Gasteiger partial charge in [0.1, 0.15) is 0 Å². The second-order valence-electron chi connectivity index (χ2n) is 5.58. The third-order valence-electron chi connectivity index (χ3n) is 3.85. The van der Waals surface area contributed by atoms with E-state index in [2.05, 4.69) is 41.3 Å². The van der Waals surface area contributed by atoms with Crippen molar-refractivity contribution in [1.29, 1.82) is 0 Å². The number of allylic oxidation sites excluding steroid dienone is 2. The molecular weight excluding hydrogens is 278 g/mol. The summed E-state index contributed by atoms with van der Waals surface area (Å²) in [4.78, 5) is 0. The Morgan fingerprint density at radius 1 is 1.29 bits per heavy atom. The summed E-state index contributed by atoms with van der Waals surface area (Å²) < 4.78 is 0. The van der Waals surface area contributed by atoms with Crippen LogP contribution in [0.1, 0.15) is 44.6 Å². The molecule has 21 heavy (non-hydrogen) atoms. The number of hydrazine groups is 1. The SMILES string of the molecule is CCC[C@H]1CC=C(NNC(=S)NCc2ccccc2)CC1. The molecule has 0 aliphatic heterocycles. The first-order valence-electron chi connectivity index (χ1n) is 7.80. The van der Waals surface area contributed by atoms with Gasteiger partial charge in [-0.25, -0.2) is 0 Å². The summed E-state index contributed by atoms with van der Waals surface area (Å²) in [7, 11) is 0. The van der Waals surface area contributed by atoms with Gasteiger partial charge in [0.2, 0.25) is 0 Å². The molecule has 1 aromatic carbocycles. The third-order valence-corrected chi connectivity index (χ3v) is 4.10. The highest BCUT2D eigenvalue weighted by molar-refractivity contribution is 7.80. The zero-order valence-corrected chi connectivity index (χ0v) is 13.5. The van der Waals surface area contributed by atoms with Crippen LogP contribution >= 0.6 is 12.2 Å². The lowest BCUT2D eigenvalue weighted by Crippen LogP contribution is -2.43. The van der Waals surface area contributed by atoms with Gasteiger partial charge in [-0.2, -0.15) is 0 Å². The van der Waals surface area contributed by atoms with E-state index in [-0.39, 0.29) is 0 Å². The molecule has 0 amide bonds. The van der Waals surface area contributed by atoms with Crippen LogP contribution in [0.5, 0.6) is 0 Å². The van der Waals surface area contributed by atoms with Crippen LogP contribution in [-0.2, 0) is 6.54 Å². The van der Waals surface area contributed by atoms with Crippen LogP contribution in [0.15, 0.2) is 42.1 Å². The van der Waals surface area contributed by atoms with Crippen LogP contribution in [0.4, 0.5) is 0 Å². The lowest BCUT2D eigenvalue weighted by Gasteiger charge is -2.23. The zero-order valence-electron chi connectivity index (χ0n) is 12.7. The molecule has 0 heterocycles. The predicted octanol–water partition coefficient (Wildman–Crippen LogP) is 3.64. The van der Waals surface area contributed by atoms with Gasteiger partial charge in [-0.1, -0.05) is 56.2 Å². The van der Waals surface area contributed by atoms with Gasteiger partial charge in [0.15, 0.2) is 5.11 Å². The standard InChI is InChI=1S/C17H25N3S/c1-2-6-14-9-11-16(12-10-14)19-20-17(21)18-13-15-7-4-3-5-8-15/h3-5,7-8,11,14,19H,2,6,9-10,12-13H2,1H3,(H2,18,20,21)/t14-/m0/s1. The molecule has 1 aliphatic rings. The first-order chi connectivity index (χ1) is 10.3. The zero-order chi connectivity index (χ0) is 14.9. The Morgan fingerprint density at radius 3 is 2.76 bits per heavy atom. The van der Waals surface area contributed by atoms with Gasteiger partial charge < -0.3 is 10.7 Å². The van der Waals surface area contributed by atoms with Crippen molar-refractivity contribution < 1.29 is 0 Å². The second kappa shape index (κ2) is 8.67. The van der Waals surface area contributed by atoms with Crippen LogP contribution < -0.4 is 16.2 Å². The smallest absolute Gasteiger partial charge is 0.185 e. The molecule has 0 aromatic heterocycles. The van der Waals surface area contributed by atoms with Gasteiger partial charge in [-0.3, -0.25) is 5.43 Å². The summed E-state index contributed by atoms with van der Waals surface area (Å²) in [6.07, 6.45) is 8.50. The topological polar surface area (TPSA) is 36.1 Å². The minimum atomic E-state index is 0.635. The van der Waals surface area contributed by atoms with E-state index >= 15 is 0 Å². The highest BCUT2D eigenvalue weighted by Gasteiger charge is 2.13. The lowest BCUT2D eigenvalue weighted by molar-refractivity contribution is 0.421. The van der Waals surface area contributed by atoms with Crippen molar-refractivity contribution in [2.45, 2.75) is 45.6 Å². The lowest BCUT2D eigenvalue weighted by atomic mass is 9.89. The second-order valence-corrected chi connectivity index (χ2v) is 5.98. The summed E-state index contributed by atoms with van der Waals surface area (Å²) >= 11 is 5.27. The van der Waals surface area contributed by atoms with Crippen molar-refractivity contribution in [2.75, 3.05) is 0 Å². The van der Waals surface area contributed by atoms with E-state index in [1.54, 1.807) is 0 Å². The molecule has 114 valence electrons.